The summed E-state index contributed by atoms with van der Waals surface area (Å²) in [6, 6.07) is 0. The molecule has 0 bridgehead atoms. The van der Waals surface area contributed by atoms with Gasteiger partial charge in [0.05, 0.1) is 6.61 Å². The summed E-state index contributed by atoms with van der Waals surface area (Å²) in [4.78, 5) is 2.09. The van der Waals surface area contributed by atoms with E-state index in [-0.39, 0.29) is 0 Å². The highest BCUT2D eigenvalue weighted by atomic mass is 19.1. The standard InChI is InChI=1S/C14H22FNO/c1-4-5-6-7-8-10-16(3)11-9-13(2)14(15)12-17/h4-8,17H,1,9-12H2,2-3H3/b6-5-,8-7+,14-13+. The molecule has 1 N–H and O–H groups in total. The Labute approximate surface area is 103 Å². The zero-order valence-electron chi connectivity index (χ0n) is 10.7. The van der Waals surface area contributed by atoms with E-state index in [0.717, 1.165) is 13.1 Å². The normalized spacial score (nSPS) is 13.7. The van der Waals surface area contributed by atoms with Crippen LogP contribution in [0.25, 0.3) is 0 Å². The Bertz CT molecular complexity index is 305. The van der Waals surface area contributed by atoms with Gasteiger partial charge in [0.1, 0.15) is 5.83 Å². The van der Waals surface area contributed by atoms with E-state index in [9.17, 15) is 4.39 Å². The number of hydrogen-bond acceptors (Lipinski definition) is 2. The molecule has 0 saturated heterocycles. The average molecular weight is 239 g/mol. The van der Waals surface area contributed by atoms with Crippen LogP contribution >= 0.6 is 0 Å². The van der Waals surface area contributed by atoms with Crippen LogP contribution in [0, 0.1) is 0 Å². The molecule has 0 heterocycles. The van der Waals surface area contributed by atoms with Gasteiger partial charge in [-0.25, -0.2) is 4.39 Å². The molecule has 0 aromatic heterocycles. The maximum atomic E-state index is 12.9. The number of likely N-dealkylation sites (N-methyl/N-ethyl adjacent to an activating group) is 1. The van der Waals surface area contributed by atoms with E-state index >= 15 is 0 Å². The van der Waals surface area contributed by atoms with Crippen molar-refractivity contribution in [1.82, 2.24) is 4.90 Å². The number of aliphatic hydroxyl groups is 1. The van der Waals surface area contributed by atoms with Gasteiger partial charge in [0.25, 0.3) is 0 Å². The van der Waals surface area contributed by atoms with Gasteiger partial charge in [-0.1, -0.05) is 37.0 Å². The fourth-order valence-electron chi connectivity index (χ4n) is 1.18. The summed E-state index contributed by atoms with van der Waals surface area (Å²) in [5.74, 6) is -0.414. The second-order valence-corrected chi connectivity index (χ2v) is 3.90. The maximum absolute atomic E-state index is 12.9. The van der Waals surface area contributed by atoms with Gasteiger partial charge in [-0.15, -0.1) is 0 Å². The zero-order valence-corrected chi connectivity index (χ0v) is 10.7. The van der Waals surface area contributed by atoms with Gasteiger partial charge in [-0.3, -0.25) is 0 Å². The summed E-state index contributed by atoms with van der Waals surface area (Å²) in [7, 11) is 1.98. The Kier molecular flexibility index (Phi) is 9.30. The number of rotatable bonds is 8. The highest BCUT2D eigenvalue weighted by Crippen LogP contribution is 2.09. The minimum atomic E-state index is -0.498. The number of allylic oxidation sites excluding steroid dienone is 4. The van der Waals surface area contributed by atoms with Crippen LogP contribution in [-0.2, 0) is 0 Å². The van der Waals surface area contributed by atoms with Gasteiger partial charge >= 0.3 is 0 Å². The minimum Gasteiger partial charge on any atom is -0.389 e. The summed E-state index contributed by atoms with van der Waals surface area (Å²) < 4.78 is 12.9. The minimum absolute atomic E-state index is 0.414. The molecule has 0 aliphatic carbocycles. The quantitative estimate of drug-likeness (QED) is 0.658. The second-order valence-electron chi connectivity index (χ2n) is 3.90. The van der Waals surface area contributed by atoms with E-state index in [4.69, 9.17) is 5.11 Å². The third-order valence-corrected chi connectivity index (χ3v) is 2.38. The first-order valence-corrected chi connectivity index (χ1v) is 5.69. The van der Waals surface area contributed by atoms with E-state index in [1.54, 1.807) is 13.0 Å². The molecule has 0 fully saturated rings. The molecule has 96 valence electrons. The predicted octanol–water partition coefficient (Wildman–Crippen LogP) is 2.84. The first kappa shape index (κ1) is 15.8. The van der Waals surface area contributed by atoms with E-state index in [0.29, 0.717) is 12.0 Å². The maximum Gasteiger partial charge on any atom is 0.124 e. The van der Waals surface area contributed by atoms with Gasteiger partial charge in [0, 0.05) is 13.1 Å². The Morgan fingerprint density at radius 2 is 2.06 bits per heavy atom. The van der Waals surface area contributed by atoms with Crippen molar-refractivity contribution < 1.29 is 9.50 Å². The van der Waals surface area contributed by atoms with E-state index in [1.807, 2.05) is 31.4 Å². The fraction of sp³-hybridized carbons (Fsp3) is 0.429. The van der Waals surface area contributed by atoms with Crippen LogP contribution in [-0.4, -0.2) is 36.8 Å². The molecule has 0 amide bonds. The molecule has 2 nitrogen and oxygen atoms in total. The summed E-state index contributed by atoms with van der Waals surface area (Å²) >= 11 is 0. The highest BCUT2D eigenvalue weighted by molar-refractivity contribution is 5.09. The van der Waals surface area contributed by atoms with Gasteiger partial charge in [-0.05, 0) is 26.0 Å². The largest absolute Gasteiger partial charge is 0.389 e. The molecule has 0 aliphatic heterocycles. The fourth-order valence-corrected chi connectivity index (χ4v) is 1.18. The highest BCUT2D eigenvalue weighted by Gasteiger charge is 2.01. The van der Waals surface area contributed by atoms with Gasteiger partial charge in [0.2, 0.25) is 0 Å². The Balaban J connectivity index is 3.88. The van der Waals surface area contributed by atoms with Crippen molar-refractivity contribution in [1.29, 1.82) is 0 Å². The number of nitrogens with zero attached hydrogens (tertiary/aromatic N) is 1. The smallest absolute Gasteiger partial charge is 0.124 e. The van der Waals surface area contributed by atoms with Crippen LogP contribution in [0.2, 0.25) is 0 Å². The first-order valence-electron chi connectivity index (χ1n) is 5.69. The molecule has 0 aromatic carbocycles. The number of aliphatic hydroxyl groups excluding tert-OH is 1. The average Bonchev–Trinajstić information content (AvgIpc) is 2.34. The molecule has 0 aliphatic rings. The van der Waals surface area contributed by atoms with Crippen molar-refractivity contribution in [2.24, 2.45) is 0 Å². The van der Waals surface area contributed by atoms with Gasteiger partial charge in [-0.2, -0.15) is 0 Å². The lowest BCUT2D eigenvalue weighted by atomic mass is 10.2. The number of halogens is 1. The van der Waals surface area contributed by atoms with E-state index in [1.165, 1.54) is 0 Å². The van der Waals surface area contributed by atoms with Crippen molar-refractivity contribution in [3.05, 3.63) is 48.4 Å². The summed E-state index contributed by atoms with van der Waals surface area (Å²) in [5, 5.41) is 8.62. The van der Waals surface area contributed by atoms with E-state index in [2.05, 4.69) is 11.5 Å². The van der Waals surface area contributed by atoms with Crippen LogP contribution in [0.1, 0.15) is 13.3 Å². The molecule has 0 spiro atoms. The van der Waals surface area contributed by atoms with Crippen LogP contribution in [0.4, 0.5) is 4.39 Å². The first-order chi connectivity index (χ1) is 8.11. The summed E-state index contributed by atoms with van der Waals surface area (Å²) in [5.41, 5.74) is 0.620. The molecular weight excluding hydrogens is 217 g/mol. The molecule has 0 atom stereocenters. The van der Waals surface area contributed by atoms with Crippen molar-refractivity contribution in [3.8, 4) is 0 Å². The SMILES string of the molecule is C=C/C=C\C=C\CN(C)CC/C(C)=C(/F)CO. The van der Waals surface area contributed by atoms with Crippen LogP contribution < -0.4 is 0 Å². The van der Waals surface area contributed by atoms with E-state index < -0.39 is 12.4 Å². The topological polar surface area (TPSA) is 23.5 Å². The van der Waals surface area contributed by atoms with Gasteiger partial charge in [0.15, 0.2) is 0 Å². The number of hydrogen-bond donors (Lipinski definition) is 1. The lowest BCUT2D eigenvalue weighted by molar-refractivity contribution is 0.293. The molecule has 0 unspecified atom stereocenters. The Morgan fingerprint density at radius 3 is 2.65 bits per heavy atom. The summed E-state index contributed by atoms with van der Waals surface area (Å²) in [6.07, 6.45) is 10.1. The predicted molar refractivity (Wildman–Crippen MR) is 71.5 cm³/mol. The third-order valence-electron chi connectivity index (χ3n) is 2.38. The Morgan fingerprint density at radius 1 is 1.35 bits per heavy atom. The lowest BCUT2D eigenvalue weighted by Crippen LogP contribution is -2.19. The van der Waals surface area contributed by atoms with Gasteiger partial charge < -0.3 is 10.0 Å². The van der Waals surface area contributed by atoms with Crippen molar-refractivity contribution >= 4 is 0 Å². The molecule has 0 aromatic rings. The molecule has 17 heavy (non-hydrogen) atoms. The van der Waals surface area contributed by atoms with Crippen LogP contribution in [0.15, 0.2) is 48.4 Å². The van der Waals surface area contributed by atoms with Crippen LogP contribution in [0.5, 0.6) is 0 Å². The van der Waals surface area contributed by atoms with Crippen molar-refractivity contribution in [3.63, 3.8) is 0 Å². The lowest BCUT2D eigenvalue weighted by Gasteiger charge is -2.14. The van der Waals surface area contributed by atoms with Crippen molar-refractivity contribution in [2.75, 3.05) is 26.7 Å². The molecule has 0 radical (unpaired) electrons. The third kappa shape index (κ3) is 8.60. The monoisotopic (exact) mass is 239 g/mol. The second kappa shape index (κ2) is 10.00. The molecular formula is C14H22FNO. The van der Waals surface area contributed by atoms with Crippen molar-refractivity contribution in [2.45, 2.75) is 13.3 Å². The summed E-state index contributed by atoms with van der Waals surface area (Å²) in [6.45, 7) is 6.37. The Hall–Kier alpha value is -1.19. The molecule has 0 rings (SSSR count). The molecule has 3 heteroatoms. The molecule has 0 saturated carbocycles. The van der Waals surface area contributed by atoms with Crippen LogP contribution in [0.3, 0.4) is 0 Å². The zero-order chi connectivity index (χ0) is 13.1.